The number of carbonyl (C=O) groups is 2. The molecule has 4 unspecified atom stereocenters. The minimum absolute atomic E-state index is 0.204. The molecule has 0 fully saturated rings. The van der Waals surface area contributed by atoms with Gasteiger partial charge in [0.1, 0.15) is 48.0 Å². The van der Waals surface area contributed by atoms with E-state index in [9.17, 15) is 9.59 Å². The number of esters is 2. The molecule has 24 heteroatoms. The zero-order chi connectivity index (χ0) is 49.7. The van der Waals surface area contributed by atoms with E-state index in [0.29, 0.717) is 0 Å². The van der Waals surface area contributed by atoms with E-state index in [1.807, 2.05) is 0 Å². The largest absolute Gasteiger partial charge is 0.452 e. The number of nitrogens with zero attached hydrogens (tertiary/aromatic N) is 4. The van der Waals surface area contributed by atoms with Crippen molar-refractivity contribution in [1.82, 2.24) is 19.1 Å². The van der Waals surface area contributed by atoms with E-state index in [1.54, 1.807) is 0 Å². The Morgan fingerprint density at radius 1 is 0.588 bits per heavy atom. The smallest absolute Gasteiger partial charge is 0.353 e. The van der Waals surface area contributed by atoms with E-state index in [2.05, 4.69) is 9.97 Å². The number of ether oxygens (including phenoxy) is 4. The highest BCUT2D eigenvalue weighted by Crippen LogP contribution is 2.46. The van der Waals surface area contributed by atoms with Crippen LogP contribution >= 0.6 is 23.2 Å². The first-order valence-electron chi connectivity index (χ1n) is 20.0. The van der Waals surface area contributed by atoms with E-state index in [0.717, 1.165) is 98.5 Å². The number of imidazole rings is 2. The first-order chi connectivity index (χ1) is 32.1. The third kappa shape index (κ3) is 10.4. The summed E-state index contributed by atoms with van der Waals surface area (Å²) < 4.78 is 158. The van der Waals surface area contributed by atoms with Crippen LogP contribution in [0.5, 0.6) is 11.5 Å². The number of benzene rings is 4. The van der Waals surface area contributed by atoms with Crippen molar-refractivity contribution in [2.75, 3.05) is 26.7 Å². The topological polar surface area (TPSA) is 193 Å². The van der Waals surface area contributed by atoms with Gasteiger partial charge in [-0.25, -0.2) is 9.97 Å². The zero-order valence-electron chi connectivity index (χ0n) is 36.3. The second-order valence-corrected chi connectivity index (χ2v) is 19.7. The van der Waals surface area contributed by atoms with Gasteiger partial charge in [-0.3, -0.25) is 36.3 Å². The van der Waals surface area contributed by atoms with Gasteiger partial charge in [0.2, 0.25) is 12.2 Å². The lowest BCUT2D eigenvalue weighted by molar-refractivity contribution is -0.281. The molecular formula is C44H42Cl2F4N4O12S2. The molecule has 4 aromatic carbocycles. The fourth-order valence-electron chi connectivity index (χ4n) is 7.01. The van der Waals surface area contributed by atoms with E-state index in [4.69, 9.17) is 50.5 Å². The van der Waals surface area contributed by atoms with Gasteiger partial charge in [-0.2, -0.15) is 25.2 Å². The van der Waals surface area contributed by atoms with E-state index in [-0.39, 0.29) is 32.3 Å². The molecule has 0 aliphatic heterocycles. The summed E-state index contributed by atoms with van der Waals surface area (Å²) in [6.45, 7) is -2.40. The number of rotatable bonds is 22. The molecule has 0 radical (unpaired) electrons. The van der Waals surface area contributed by atoms with Gasteiger partial charge in [0.25, 0.3) is 0 Å². The summed E-state index contributed by atoms with van der Waals surface area (Å²) in [5.41, 5.74) is -4.76. The molecule has 0 saturated carbocycles. The maximum Gasteiger partial charge on any atom is 0.353 e. The minimum atomic E-state index is -5.45. The van der Waals surface area contributed by atoms with Crippen LogP contribution in [-0.4, -0.2) is 86.8 Å². The molecule has 0 aliphatic rings. The van der Waals surface area contributed by atoms with Crippen LogP contribution in [0.3, 0.4) is 0 Å². The fourth-order valence-corrected chi connectivity index (χ4v) is 9.87. The lowest BCUT2D eigenvalue weighted by atomic mass is 9.84. The van der Waals surface area contributed by atoms with Crippen molar-refractivity contribution in [1.29, 1.82) is 0 Å². The summed E-state index contributed by atoms with van der Waals surface area (Å²) in [6.07, 6.45) is 1.92. The van der Waals surface area contributed by atoms with Crippen molar-refractivity contribution in [2.24, 2.45) is 10.8 Å². The highest BCUT2D eigenvalue weighted by atomic mass is 35.5. The van der Waals surface area contributed by atoms with Gasteiger partial charge in [-0.15, -0.1) is 0 Å². The maximum atomic E-state index is 15.1. The first-order valence-corrected chi connectivity index (χ1v) is 23.6. The molecule has 6 aromatic rings. The predicted molar refractivity (Wildman–Crippen MR) is 236 cm³/mol. The van der Waals surface area contributed by atoms with E-state index in [1.165, 1.54) is 60.7 Å². The normalized spacial score (nSPS) is 15.1. The summed E-state index contributed by atoms with van der Waals surface area (Å²) in [5.74, 6) is -8.80. The van der Waals surface area contributed by atoms with Crippen LogP contribution in [-0.2, 0) is 59.5 Å². The Hall–Kier alpha value is -5.78. The summed E-state index contributed by atoms with van der Waals surface area (Å²) in [4.78, 5) is 31.8. The third-order valence-electron chi connectivity index (χ3n) is 10.4. The molecule has 0 N–H and O–H groups in total. The number of carbonyl (C=O) groups excluding carboxylic acids is 2. The van der Waals surface area contributed by atoms with Crippen molar-refractivity contribution >= 4 is 66.1 Å². The lowest BCUT2D eigenvalue weighted by Crippen LogP contribution is -2.61. The molecule has 364 valence electrons. The van der Waals surface area contributed by atoms with Crippen LogP contribution in [0, 0.1) is 10.8 Å². The van der Waals surface area contributed by atoms with Crippen LogP contribution in [0.25, 0.3) is 10.8 Å². The maximum absolute atomic E-state index is 15.1. The van der Waals surface area contributed by atoms with Crippen molar-refractivity contribution in [3.05, 3.63) is 132 Å². The van der Waals surface area contributed by atoms with Crippen molar-refractivity contribution in [3.63, 3.8) is 0 Å². The first kappa shape index (κ1) is 51.6. The Kier molecular flexibility index (Phi) is 15.5. The molecule has 0 bridgehead atoms. The Bertz CT molecular complexity index is 2730. The molecule has 16 nitrogen and oxygen atoms in total. The van der Waals surface area contributed by atoms with Gasteiger partial charge in [0.15, 0.2) is 0 Å². The molecule has 0 spiro atoms. The number of hydrogen-bond donors (Lipinski definition) is 0. The molecule has 4 atom stereocenters. The van der Waals surface area contributed by atoms with Crippen molar-refractivity contribution in [2.45, 2.75) is 61.5 Å². The van der Waals surface area contributed by atoms with E-state index < -0.39 is 104 Å². The molecular weight excluding hydrogens is 988 g/mol. The second-order valence-electron chi connectivity index (χ2n) is 15.8. The lowest BCUT2D eigenvalue weighted by Gasteiger charge is -2.44. The number of hydrogen-bond acceptors (Lipinski definition) is 14. The van der Waals surface area contributed by atoms with Crippen LogP contribution in [0.15, 0.2) is 132 Å². The number of alkyl halides is 4. The Labute approximate surface area is 397 Å². The summed E-state index contributed by atoms with van der Waals surface area (Å²) in [6, 6.07) is 17.0. The van der Waals surface area contributed by atoms with Crippen LogP contribution in [0.2, 0.25) is 10.0 Å². The molecule has 0 amide bonds. The Morgan fingerprint density at radius 2 is 0.926 bits per heavy atom. The highest BCUT2D eigenvalue weighted by molar-refractivity contribution is 7.87. The Morgan fingerprint density at radius 3 is 1.21 bits per heavy atom. The summed E-state index contributed by atoms with van der Waals surface area (Å²) >= 11 is 12.2. The van der Waals surface area contributed by atoms with Gasteiger partial charge in [-0.1, -0.05) is 61.3 Å². The van der Waals surface area contributed by atoms with Gasteiger partial charge in [0.05, 0.1) is 23.5 Å². The van der Waals surface area contributed by atoms with Gasteiger partial charge < -0.3 is 18.9 Å². The minimum Gasteiger partial charge on any atom is -0.452 e. The average molecular weight is 1030 g/mol. The zero-order valence-corrected chi connectivity index (χ0v) is 39.4. The predicted octanol–water partition coefficient (Wildman–Crippen LogP) is 8.48. The van der Waals surface area contributed by atoms with Crippen molar-refractivity contribution in [3.8, 4) is 11.5 Å². The number of fused-ring (bicyclic) bond motifs is 1. The summed E-state index contributed by atoms with van der Waals surface area (Å²) in [7, 11) is -10.9. The SMILES string of the molecule is CC(=O)OC(C(C)(CF)CF)C(Oc1ccc(Cl)cc1)(OS(=O)(=O)c1cccc2c(S(=O)(=O)OC(Oc3ccc(Cl)cc3)(C(OC(C)=O)C(C)(CF)CF)n3ccnc3)cccc12)n1ccnc1. The number of aromatic nitrogens is 4. The van der Waals surface area contributed by atoms with Crippen LogP contribution in [0.4, 0.5) is 17.6 Å². The molecule has 0 aliphatic carbocycles. The molecule has 2 heterocycles. The standard InChI is InChI=1S/C44H42Cl2F4N4O12S2/c1-29(55)61-39(41(3,23-47)24-48)43(53-21-19-51-27-53,63-33-15-11-31(45)12-16-33)65-67(57,58)37-9-5-8-36-35(37)7-6-10-38(36)68(59,60)66-44(54-22-20-52-28-54,64-34-17-13-32(46)14-18-34)40(62-30(2)56)42(4,25-49)26-50/h5-22,27-28,39-40H,23-26H2,1-4H3. The van der Waals surface area contributed by atoms with Crippen molar-refractivity contribution < 1.29 is 71.3 Å². The molecule has 0 saturated heterocycles. The van der Waals surface area contributed by atoms with Gasteiger partial charge >= 0.3 is 44.0 Å². The van der Waals surface area contributed by atoms with Crippen LogP contribution in [0.1, 0.15) is 27.7 Å². The molecule has 6 rings (SSSR count). The quantitative estimate of drug-likeness (QED) is 0.0272. The van der Waals surface area contributed by atoms with Gasteiger partial charge in [-0.05, 0) is 60.7 Å². The number of halogens is 6. The van der Waals surface area contributed by atoms with E-state index >= 15 is 34.4 Å². The molecule has 2 aromatic heterocycles. The summed E-state index contributed by atoms with van der Waals surface area (Å²) in [5, 5.41) is -0.352. The molecule has 68 heavy (non-hydrogen) atoms. The average Bonchev–Trinajstić information content (AvgIpc) is 4.07. The monoisotopic (exact) mass is 1030 g/mol. The second kappa shape index (κ2) is 20.4. The highest BCUT2D eigenvalue weighted by Gasteiger charge is 2.61. The Balaban J connectivity index is 1.58. The third-order valence-corrected chi connectivity index (χ3v) is 13.7. The van der Waals surface area contributed by atoms with Crippen LogP contribution < -0.4 is 9.47 Å². The fraction of sp³-hybridized carbons (Fsp3) is 0.318. The van der Waals surface area contributed by atoms with Gasteiger partial charge in [0, 0.05) is 59.5 Å².